The van der Waals surface area contributed by atoms with Gasteiger partial charge in [0.1, 0.15) is 6.04 Å². The molecule has 1 aliphatic rings. The van der Waals surface area contributed by atoms with E-state index in [9.17, 15) is 18.3 Å². The highest BCUT2D eigenvalue weighted by molar-refractivity contribution is 7.99. The predicted octanol–water partition coefficient (Wildman–Crippen LogP) is 4.74. The minimum Gasteiger partial charge on any atom is -0.480 e. The number of carboxylic acids is 1. The Hall–Kier alpha value is -1.45. The molecule has 0 saturated carbocycles. The van der Waals surface area contributed by atoms with Crippen molar-refractivity contribution >= 4 is 56.6 Å². The number of rotatable bonds is 9. The summed E-state index contributed by atoms with van der Waals surface area (Å²) >= 11 is 14.1. The van der Waals surface area contributed by atoms with E-state index in [1.165, 1.54) is 4.31 Å². The lowest BCUT2D eigenvalue weighted by atomic mass is 10.2. The van der Waals surface area contributed by atoms with Crippen LogP contribution in [0.25, 0.3) is 0 Å². The molecule has 1 fully saturated rings. The molecule has 0 aliphatic carbocycles. The van der Waals surface area contributed by atoms with E-state index in [-0.39, 0.29) is 11.4 Å². The molecule has 3 rings (SSSR count). The van der Waals surface area contributed by atoms with Crippen molar-refractivity contribution in [2.45, 2.75) is 30.7 Å². The van der Waals surface area contributed by atoms with Crippen molar-refractivity contribution in [3.8, 4) is 0 Å². The van der Waals surface area contributed by atoms with Gasteiger partial charge in [0.25, 0.3) is 10.0 Å². The van der Waals surface area contributed by atoms with E-state index in [4.69, 9.17) is 23.2 Å². The van der Waals surface area contributed by atoms with Gasteiger partial charge in [-0.2, -0.15) is 0 Å². The van der Waals surface area contributed by atoms with Crippen LogP contribution >= 0.6 is 35.0 Å². The lowest BCUT2D eigenvalue weighted by Gasteiger charge is -2.26. The maximum absolute atomic E-state index is 13.4. The molecule has 10 heteroatoms. The lowest BCUT2D eigenvalue weighted by Crippen LogP contribution is -2.38. The number of unbranched alkanes of at least 4 members (excludes halogenated alkanes) is 1. The van der Waals surface area contributed by atoms with Crippen molar-refractivity contribution in [1.82, 2.24) is 4.90 Å². The highest BCUT2D eigenvalue weighted by atomic mass is 35.5. The fourth-order valence-corrected chi connectivity index (χ4v) is 6.56. The maximum Gasteiger partial charge on any atom is 0.321 e. The minimum absolute atomic E-state index is 0.177. The first-order valence-electron chi connectivity index (χ1n) is 9.79. The second-order valence-electron chi connectivity index (χ2n) is 7.36. The van der Waals surface area contributed by atoms with E-state index in [2.05, 4.69) is 0 Å². The summed E-state index contributed by atoms with van der Waals surface area (Å²) in [7, 11) is -3.86. The molecule has 0 bridgehead atoms. The average molecular weight is 503 g/mol. The van der Waals surface area contributed by atoms with Gasteiger partial charge in [-0.25, -0.2) is 8.42 Å². The second-order valence-corrected chi connectivity index (χ2v) is 11.1. The molecule has 1 unspecified atom stereocenters. The highest BCUT2D eigenvalue weighted by Crippen LogP contribution is 2.33. The van der Waals surface area contributed by atoms with Crippen molar-refractivity contribution in [3.63, 3.8) is 0 Å². The van der Waals surface area contributed by atoms with E-state index in [0.29, 0.717) is 46.7 Å². The number of thioether (sulfide) groups is 1. The minimum atomic E-state index is -3.86. The number of benzene rings is 2. The molecule has 1 aliphatic heterocycles. The smallest absolute Gasteiger partial charge is 0.321 e. The topological polar surface area (TPSA) is 77.9 Å². The summed E-state index contributed by atoms with van der Waals surface area (Å²) in [5.74, 6) is 0.420. The summed E-state index contributed by atoms with van der Waals surface area (Å²) in [5, 5.41) is 10.0. The lowest BCUT2D eigenvalue weighted by molar-refractivity contribution is -0.141. The third-order valence-corrected chi connectivity index (χ3v) is 8.55. The van der Waals surface area contributed by atoms with Gasteiger partial charge in [-0.1, -0.05) is 40.9 Å². The number of halogens is 2. The Morgan fingerprint density at radius 2 is 1.90 bits per heavy atom. The number of anilines is 1. The molecule has 31 heavy (non-hydrogen) atoms. The number of carboxylic acid groups (broad SMARTS) is 1. The van der Waals surface area contributed by atoms with Crippen LogP contribution in [0.4, 0.5) is 5.69 Å². The molecule has 1 N–H and O–H groups in total. The van der Waals surface area contributed by atoms with Crippen molar-refractivity contribution < 1.29 is 18.3 Å². The van der Waals surface area contributed by atoms with Gasteiger partial charge in [-0.05, 0) is 56.6 Å². The summed E-state index contributed by atoms with van der Waals surface area (Å²) in [6, 6.07) is 10.9. The first-order valence-corrected chi connectivity index (χ1v) is 13.1. The third kappa shape index (κ3) is 5.87. The largest absolute Gasteiger partial charge is 0.480 e. The number of carbonyl (C=O) groups is 1. The van der Waals surface area contributed by atoms with E-state index >= 15 is 0 Å². The summed E-state index contributed by atoms with van der Waals surface area (Å²) < 4.78 is 28.2. The summed E-state index contributed by atoms with van der Waals surface area (Å²) in [6.45, 7) is 2.68. The van der Waals surface area contributed by atoms with Crippen molar-refractivity contribution in [3.05, 3.63) is 58.1 Å². The molecule has 0 aromatic heterocycles. The Bertz CT molecular complexity index is 1030. The standard InChI is InChI=1S/C21H24Cl2N2O4S2/c1-15-4-7-17(8-5-15)31(28,29)25(19-12-16(22)6-9-18(19)23)11-3-2-10-24-14-30-13-20(24)21(26)27/h4-9,12,20H,2-3,10-11,13-14H2,1H3,(H,26,27). The Labute approximate surface area is 197 Å². The van der Waals surface area contributed by atoms with Gasteiger partial charge in [-0.15, -0.1) is 11.8 Å². The van der Waals surface area contributed by atoms with Gasteiger partial charge in [0.2, 0.25) is 0 Å². The van der Waals surface area contributed by atoms with E-state index in [1.807, 2.05) is 11.8 Å². The molecule has 1 atom stereocenters. The molecular formula is C21H24Cl2N2O4S2. The summed E-state index contributed by atoms with van der Waals surface area (Å²) in [4.78, 5) is 13.4. The maximum atomic E-state index is 13.4. The molecule has 168 valence electrons. The van der Waals surface area contributed by atoms with Crippen LogP contribution in [0.2, 0.25) is 10.0 Å². The first-order chi connectivity index (χ1) is 14.7. The SMILES string of the molecule is Cc1ccc(S(=O)(=O)N(CCCCN2CSCC2C(=O)O)c2cc(Cl)ccc2Cl)cc1. The number of hydrogen-bond donors (Lipinski definition) is 1. The quantitative estimate of drug-likeness (QED) is 0.499. The van der Waals surface area contributed by atoms with E-state index < -0.39 is 22.0 Å². The predicted molar refractivity (Wildman–Crippen MR) is 127 cm³/mol. The van der Waals surface area contributed by atoms with Gasteiger partial charge in [0.05, 0.1) is 15.6 Å². The van der Waals surface area contributed by atoms with Crippen LogP contribution in [0, 0.1) is 6.92 Å². The first kappa shape index (κ1) is 24.2. The zero-order chi connectivity index (χ0) is 22.6. The molecule has 1 heterocycles. The van der Waals surface area contributed by atoms with Gasteiger partial charge in [-0.3, -0.25) is 14.0 Å². The molecule has 2 aromatic carbocycles. The van der Waals surface area contributed by atoms with Crippen LogP contribution in [0.15, 0.2) is 47.4 Å². The average Bonchev–Trinajstić information content (AvgIpc) is 3.19. The van der Waals surface area contributed by atoms with Crippen LogP contribution in [0.3, 0.4) is 0 Å². The number of aryl methyl sites for hydroxylation is 1. The van der Waals surface area contributed by atoms with Gasteiger partial charge in [0.15, 0.2) is 0 Å². The normalized spacial score (nSPS) is 17.1. The van der Waals surface area contributed by atoms with E-state index in [0.717, 1.165) is 5.56 Å². The van der Waals surface area contributed by atoms with Gasteiger partial charge >= 0.3 is 5.97 Å². The van der Waals surface area contributed by atoms with Crippen LogP contribution in [0.5, 0.6) is 0 Å². The van der Waals surface area contributed by atoms with Gasteiger partial charge in [0, 0.05) is 23.2 Å². The molecule has 0 radical (unpaired) electrons. The molecular weight excluding hydrogens is 479 g/mol. The van der Waals surface area contributed by atoms with Crippen LogP contribution in [-0.4, -0.2) is 55.2 Å². The van der Waals surface area contributed by atoms with Crippen LogP contribution < -0.4 is 4.31 Å². The van der Waals surface area contributed by atoms with Gasteiger partial charge < -0.3 is 5.11 Å². The number of aliphatic carboxylic acids is 1. The van der Waals surface area contributed by atoms with Crippen molar-refractivity contribution in [2.75, 3.05) is 29.0 Å². The van der Waals surface area contributed by atoms with Crippen molar-refractivity contribution in [2.24, 2.45) is 0 Å². The monoisotopic (exact) mass is 502 g/mol. The Morgan fingerprint density at radius 3 is 2.58 bits per heavy atom. The fraction of sp³-hybridized carbons (Fsp3) is 0.381. The number of sulfonamides is 1. The molecule has 0 spiro atoms. The van der Waals surface area contributed by atoms with Crippen LogP contribution in [-0.2, 0) is 14.8 Å². The summed E-state index contributed by atoms with van der Waals surface area (Å²) in [5.41, 5.74) is 1.29. The Kier molecular flexibility index (Phi) is 8.15. The fourth-order valence-electron chi connectivity index (χ4n) is 3.38. The number of hydrogen-bond acceptors (Lipinski definition) is 5. The van der Waals surface area contributed by atoms with Crippen LogP contribution in [0.1, 0.15) is 18.4 Å². The molecule has 0 amide bonds. The molecule has 2 aromatic rings. The highest BCUT2D eigenvalue weighted by Gasteiger charge is 2.31. The zero-order valence-corrected chi connectivity index (χ0v) is 20.1. The Morgan fingerprint density at radius 1 is 1.19 bits per heavy atom. The second kappa shape index (κ2) is 10.4. The van der Waals surface area contributed by atoms with Crippen molar-refractivity contribution in [1.29, 1.82) is 0 Å². The summed E-state index contributed by atoms with van der Waals surface area (Å²) in [6.07, 6.45) is 1.20. The molecule has 6 nitrogen and oxygen atoms in total. The number of nitrogens with zero attached hydrogens (tertiary/aromatic N) is 2. The van der Waals surface area contributed by atoms with E-state index in [1.54, 1.807) is 54.2 Å². The third-order valence-electron chi connectivity index (χ3n) is 5.10. The Balaban J connectivity index is 1.79. The molecule has 1 saturated heterocycles. The zero-order valence-electron chi connectivity index (χ0n) is 17.0.